The highest BCUT2D eigenvalue weighted by Gasteiger charge is 2.42. The molecule has 1 unspecified atom stereocenters. The largest absolute Gasteiger partial charge is 0.478 e. The van der Waals surface area contributed by atoms with Crippen LogP contribution in [0.5, 0.6) is 0 Å². The van der Waals surface area contributed by atoms with Gasteiger partial charge in [0.25, 0.3) is 5.91 Å². The molecule has 1 heterocycles. The van der Waals surface area contributed by atoms with E-state index in [0.717, 1.165) is 0 Å². The third kappa shape index (κ3) is 2.42. The second-order valence-electron chi connectivity index (χ2n) is 5.64. The number of amides is 1. The first-order chi connectivity index (χ1) is 9.68. The van der Waals surface area contributed by atoms with Gasteiger partial charge in [-0.15, -0.1) is 0 Å². The van der Waals surface area contributed by atoms with E-state index in [-0.39, 0.29) is 28.2 Å². The molecule has 0 aromatic heterocycles. The summed E-state index contributed by atoms with van der Waals surface area (Å²) < 4.78 is 0. The Morgan fingerprint density at radius 1 is 1.43 bits per heavy atom. The lowest BCUT2D eigenvalue weighted by Gasteiger charge is -2.21. The first-order valence-corrected chi connectivity index (χ1v) is 7.00. The summed E-state index contributed by atoms with van der Waals surface area (Å²) in [6, 6.07) is 3.33. The molecule has 0 spiro atoms. The quantitative estimate of drug-likeness (QED) is 0.901. The van der Waals surface area contributed by atoms with Crippen molar-refractivity contribution in [2.75, 3.05) is 0 Å². The fraction of sp³-hybridized carbons (Fsp3) is 0.400. The minimum Gasteiger partial charge on any atom is -0.478 e. The van der Waals surface area contributed by atoms with Crippen LogP contribution in [0.25, 0.3) is 0 Å². The van der Waals surface area contributed by atoms with E-state index in [0.29, 0.717) is 11.1 Å². The van der Waals surface area contributed by atoms with Crippen LogP contribution < -0.4 is 5.32 Å². The van der Waals surface area contributed by atoms with Gasteiger partial charge >= 0.3 is 5.97 Å². The Morgan fingerprint density at radius 2 is 2.05 bits per heavy atom. The summed E-state index contributed by atoms with van der Waals surface area (Å²) in [6.45, 7) is 7.25. The Morgan fingerprint density at radius 3 is 2.52 bits per heavy atom. The standard InChI is InChI=1S/C15H17ClN2O3/c1-7(2)15(4)14(21)17-12(18-15)9-6-5-8(3)11(16)10(9)13(19)20/h5-7H,1-4H3,(H,19,20)(H,17,18,21). The van der Waals surface area contributed by atoms with Crippen LogP contribution >= 0.6 is 11.6 Å². The van der Waals surface area contributed by atoms with Crippen LogP contribution in [0.3, 0.4) is 0 Å². The number of carbonyl (C=O) groups is 2. The maximum atomic E-state index is 12.1. The number of amidine groups is 1. The van der Waals surface area contributed by atoms with E-state index in [1.165, 1.54) is 0 Å². The highest BCUT2D eigenvalue weighted by molar-refractivity contribution is 6.35. The van der Waals surface area contributed by atoms with Crippen molar-refractivity contribution in [1.29, 1.82) is 0 Å². The van der Waals surface area contributed by atoms with Crippen molar-refractivity contribution in [3.05, 3.63) is 33.8 Å². The molecule has 0 fully saturated rings. The monoisotopic (exact) mass is 308 g/mol. The molecule has 112 valence electrons. The number of aromatic carboxylic acids is 1. The molecule has 0 aliphatic carbocycles. The maximum absolute atomic E-state index is 12.1. The Balaban J connectivity index is 2.62. The molecule has 2 rings (SSSR count). The molecule has 1 amide bonds. The van der Waals surface area contributed by atoms with E-state index >= 15 is 0 Å². The Bertz CT molecular complexity index is 667. The SMILES string of the molecule is Cc1ccc(C2=NC(C)(C(C)C)C(=O)N2)c(C(=O)O)c1Cl. The maximum Gasteiger partial charge on any atom is 0.337 e. The fourth-order valence-electron chi connectivity index (χ4n) is 2.15. The zero-order valence-electron chi connectivity index (χ0n) is 12.3. The molecule has 5 nitrogen and oxygen atoms in total. The van der Waals surface area contributed by atoms with Crippen LogP contribution in [0.2, 0.25) is 5.02 Å². The molecule has 0 radical (unpaired) electrons. The summed E-state index contributed by atoms with van der Waals surface area (Å²) in [5.41, 5.74) is 0.0524. The lowest BCUT2D eigenvalue weighted by molar-refractivity contribution is -0.124. The number of carboxylic acids is 1. The number of hydrogen-bond donors (Lipinski definition) is 2. The molecular formula is C15H17ClN2O3. The Labute approximate surface area is 128 Å². The van der Waals surface area contributed by atoms with Gasteiger partial charge in [0, 0.05) is 5.56 Å². The third-order valence-corrected chi connectivity index (χ3v) is 4.45. The van der Waals surface area contributed by atoms with Crippen LogP contribution in [-0.4, -0.2) is 28.4 Å². The summed E-state index contributed by atoms with van der Waals surface area (Å²) in [5.74, 6) is -1.13. The summed E-state index contributed by atoms with van der Waals surface area (Å²) >= 11 is 6.09. The van der Waals surface area contributed by atoms with Crippen molar-refractivity contribution in [3.8, 4) is 0 Å². The Hall–Kier alpha value is -1.88. The molecule has 1 aliphatic rings. The molecule has 1 aliphatic heterocycles. The smallest absolute Gasteiger partial charge is 0.337 e. The minimum absolute atomic E-state index is 0.0100. The topological polar surface area (TPSA) is 78.8 Å². The normalized spacial score (nSPS) is 21.4. The molecule has 1 aromatic rings. The van der Waals surface area contributed by atoms with Gasteiger partial charge in [-0.3, -0.25) is 9.79 Å². The predicted octanol–water partition coefficient (Wildman–Crippen LogP) is 2.64. The van der Waals surface area contributed by atoms with Gasteiger partial charge in [0.15, 0.2) is 0 Å². The highest BCUT2D eigenvalue weighted by Crippen LogP contribution is 2.30. The fourth-order valence-corrected chi connectivity index (χ4v) is 2.40. The second-order valence-corrected chi connectivity index (χ2v) is 6.02. The number of nitrogens with zero attached hydrogens (tertiary/aromatic N) is 1. The molecule has 2 N–H and O–H groups in total. The zero-order chi connectivity index (χ0) is 15.9. The minimum atomic E-state index is -1.14. The van der Waals surface area contributed by atoms with Crippen molar-refractivity contribution in [1.82, 2.24) is 5.32 Å². The summed E-state index contributed by atoms with van der Waals surface area (Å²) in [4.78, 5) is 28.0. The summed E-state index contributed by atoms with van der Waals surface area (Å²) in [6.07, 6.45) is 0. The van der Waals surface area contributed by atoms with Gasteiger partial charge < -0.3 is 10.4 Å². The first-order valence-electron chi connectivity index (χ1n) is 6.62. The number of carbonyl (C=O) groups excluding carboxylic acids is 1. The number of aryl methyl sites for hydroxylation is 1. The number of aliphatic imine (C=N–C) groups is 1. The van der Waals surface area contributed by atoms with Gasteiger partial charge in [-0.05, 0) is 25.3 Å². The lowest BCUT2D eigenvalue weighted by Crippen LogP contribution is -2.41. The van der Waals surface area contributed by atoms with Gasteiger partial charge in [0.2, 0.25) is 0 Å². The number of hydrogen-bond acceptors (Lipinski definition) is 3. The molecule has 1 aromatic carbocycles. The third-order valence-electron chi connectivity index (χ3n) is 3.96. The van der Waals surface area contributed by atoms with Crippen molar-refractivity contribution in [2.45, 2.75) is 33.2 Å². The van der Waals surface area contributed by atoms with Crippen LogP contribution in [-0.2, 0) is 4.79 Å². The van der Waals surface area contributed by atoms with E-state index in [4.69, 9.17) is 11.6 Å². The molecule has 1 atom stereocenters. The number of nitrogens with one attached hydrogen (secondary N) is 1. The lowest BCUT2D eigenvalue weighted by atomic mass is 9.89. The summed E-state index contributed by atoms with van der Waals surface area (Å²) in [5, 5.41) is 12.2. The van der Waals surface area contributed by atoms with Crippen LogP contribution in [0.15, 0.2) is 17.1 Å². The number of carboxylic acid groups (broad SMARTS) is 1. The molecule has 0 saturated carbocycles. The van der Waals surface area contributed by atoms with Crippen LogP contribution in [0.4, 0.5) is 0 Å². The van der Waals surface area contributed by atoms with Gasteiger partial charge in [0.05, 0.1) is 10.6 Å². The van der Waals surface area contributed by atoms with E-state index in [9.17, 15) is 14.7 Å². The van der Waals surface area contributed by atoms with Gasteiger partial charge in [-0.1, -0.05) is 37.6 Å². The number of halogens is 1. The molecule has 0 bridgehead atoms. The first kappa shape index (κ1) is 15.5. The molecule has 6 heteroatoms. The second kappa shape index (κ2) is 5.15. The van der Waals surface area contributed by atoms with Crippen molar-refractivity contribution >= 4 is 29.3 Å². The van der Waals surface area contributed by atoms with Crippen molar-refractivity contribution in [3.63, 3.8) is 0 Å². The van der Waals surface area contributed by atoms with E-state index in [2.05, 4.69) is 10.3 Å². The Kier molecular flexibility index (Phi) is 3.80. The van der Waals surface area contributed by atoms with Gasteiger partial charge in [-0.25, -0.2) is 4.79 Å². The molecule has 21 heavy (non-hydrogen) atoms. The van der Waals surface area contributed by atoms with E-state index in [1.807, 2.05) is 13.8 Å². The summed E-state index contributed by atoms with van der Waals surface area (Å²) in [7, 11) is 0. The van der Waals surface area contributed by atoms with Gasteiger partial charge in [0.1, 0.15) is 11.4 Å². The van der Waals surface area contributed by atoms with Crippen molar-refractivity contribution < 1.29 is 14.7 Å². The van der Waals surface area contributed by atoms with E-state index in [1.54, 1.807) is 26.0 Å². The van der Waals surface area contributed by atoms with Crippen LogP contribution in [0, 0.1) is 12.8 Å². The molecular weight excluding hydrogens is 292 g/mol. The number of benzene rings is 1. The zero-order valence-corrected chi connectivity index (χ0v) is 13.1. The average Bonchev–Trinajstić information content (AvgIpc) is 2.69. The predicted molar refractivity (Wildman–Crippen MR) is 81.1 cm³/mol. The molecule has 0 saturated heterocycles. The van der Waals surface area contributed by atoms with Crippen LogP contribution in [0.1, 0.15) is 42.3 Å². The van der Waals surface area contributed by atoms with E-state index < -0.39 is 11.5 Å². The highest BCUT2D eigenvalue weighted by atomic mass is 35.5. The van der Waals surface area contributed by atoms with Crippen molar-refractivity contribution in [2.24, 2.45) is 10.9 Å². The average molecular weight is 309 g/mol. The van der Waals surface area contributed by atoms with Gasteiger partial charge in [-0.2, -0.15) is 0 Å². The number of rotatable bonds is 3.